The van der Waals surface area contributed by atoms with E-state index < -0.39 is 0 Å². The maximum Gasteiger partial charge on any atom is 0.221 e. The Morgan fingerprint density at radius 2 is 2.35 bits per heavy atom. The SMILES string of the molecule is O=C(CC1CSCCN1)NCC1CCC(O)C1. The number of amides is 1. The number of aliphatic hydroxyl groups excluding tert-OH is 1. The van der Waals surface area contributed by atoms with Gasteiger partial charge in [-0.3, -0.25) is 4.79 Å². The van der Waals surface area contributed by atoms with E-state index in [-0.39, 0.29) is 12.0 Å². The molecule has 3 N–H and O–H groups in total. The molecule has 4 nitrogen and oxygen atoms in total. The molecule has 1 aliphatic carbocycles. The van der Waals surface area contributed by atoms with Crippen molar-refractivity contribution in [3.05, 3.63) is 0 Å². The van der Waals surface area contributed by atoms with Crippen molar-refractivity contribution in [1.29, 1.82) is 0 Å². The highest BCUT2D eigenvalue weighted by Crippen LogP contribution is 2.24. The summed E-state index contributed by atoms with van der Waals surface area (Å²) in [5.41, 5.74) is 0. The summed E-state index contributed by atoms with van der Waals surface area (Å²) in [6.07, 6.45) is 3.22. The number of hydrogen-bond acceptors (Lipinski definition) is 4. The van der Waals surface area contributed by atoms with Crippen molar-refractivity contribution < 1.29 is 9.90 Å². The molecule has 0 spiro atoms. The highest BCUT2D eigenvalue weighted by Gasteiger charge is 2.23. The van der Waals surface area contributed by atoms with Gasteiger partial charge in [-0.2, -0.15) is 11.8 Å². The van der Waals surface area contributed by atoms with Crippen LogP contribution in [0.2, 0.25) is 0 Å². The van der Waals surface area contributed by atoms with Gasteiger partial charge >= 0.3 is 0 Å². The van der Waals surface area contributed by atoms with Gasteiger partial charge in [-0.05, 0) is 25.2 Å². The highest BCUT2D eigenvalue weighted by molar-refractivity contribution is 7.99. The topological polar surface area (TPSA) is 61.4 Å². The molecule has 2 fully saturated rings. The summed E-state index contributed by atoms with van der Waals surface area (Å²) in [7, 11) is 0. The van der Waals surface area contributed by atoms with Crippen molar-refractivity contribution >= 4 is 17.7 Å². The number of aliphatic hydroxyl groups is 1. The Morgan fingerprint density at radius 1 is 1.47 bits per heavy atom. The summed E-state index contributed by atoms with van der Waals surface area (Å²) in [6, 6.07) is 0.336. The maximum atomic E-state index is 11.7. The van der Waals surface area contributed by atoms with E-state index >= 15 is 0 Å². The molecule has 3 unspecified atom stereocenters. The Labute approximate surface area is 107 Å². The van der Waals surface area contributed by atoms with Crippen molar-refractivity contribution in [2.75, 3.05) is 24.6 Å². The van der Waals surface area contributed by atoms with Crippen LogP contribution < -0.4 is 10.6 Å². The van der Waals surface area contributed by atoms with Crippen molar-refractivity contribution in [2.24, 2.45) is 5.92 Å². The molecule has 5 heteroatoms. The van der Waals surface area contributed by atoms with Crippen molar-refractivity contribution in [1.82, 2.24) is 10.6 Å². The lowest BCUT2D eigenvalue weighted by molar-refractivity contribution is -0.121. The molecule has 3 atom stereocenters. The number of carbonyl (C=O) groups is 1. The van der Waals surface area contributed by atoms with Crippen molar-refractivity contribution in [3.8, 4) is 0 Å². The lowest BCUT2D eigenvalue weighted by Crippen LogP contribution is -2.42. The zero-order chi connectivity index (χ0) is 12.1. The predicted octanol–water partition coefficient (Wildman–Crippen LogP) is 0.359. The molecule has 0 bridgehead atoms. The number of carbonyl (C=O) groups excluding carboxylic acids is 1. The van der Waals surface area contributed by atoms with E-state index in [0.29, 0.717) is 18.4 Å². The third-order valence-electron chi connectivity index (χ3n) is 3.53. The minimum atomic E-state index is -0.145. The van der Waals surface area contributed by atoms with E-state index in [1.165, 1.54) is 0 Å². The quantitative estimate of drug-likeness (QED) is 0.681. The van der Waals surface area contributed by atoms with Gasteiger partial charge in [0.15, 0.2) is 0 Å². The number of nitrogens with one attached hydrogen (secondary N) is 2. The van der Waals surface area contributed by atoms with E-state index in [2.05, 4.69) is 10.6 Å². The summed E-state index contributed by atoms with van der Waals surface area (Å²) in [5.74, 6) is 2.81. The molecule has 2 rings (SSSR count). The normalized spacial score (nSPS) is 33.6. The van der Waals surface area contributed by atoms with Crippen LogP contribution in [0.25, 0.3) is 0 Å². The molecule has 0 aromatic rings. The van der Waals surface area contributed by atoms with Gasteiger partial charge < -0.3 is 15.7 Å². The van der Waals surface area contributed by atoms with Gasteiger partial charge in [0.25, 0.3) is 0 Å². The molecule has 1 amide bonds. The molecule has 0 radical (unpaired) electrons. The molecule has 1 saturated carbocycles. The molecule has 0 aromatic heterocycles. The van der Waals surface area contributed by atoms with Crippen LogP contribution >= 0.6 is 11.8 Å². The zero-order valence-corrected chi connectivity index (χ0v) is 11.0. The molecule has 17 heavy (non-hydrogen) atoms. The second-order valence-corrected chi connectivity index (χ2v) is 6.22. The third kappa shape index (κ3) is 4.48. The van der Waals surface area contributed by atoms with Gasteiger partial charge in [-0.15, -0.1) is 0 Å². The minimum Gasteiger partial charge on any atom is -0.393 e. The molecule has 1 heterocycles. The molecule has 0 aromatic carbocycles. The average molecular weight is 258 g/mol. The summed E-state index contributed by atoms with van der Waals surface area (Å²) in [5, 5.41) is 15.8. The zero-order valence-electron chi connectivity index (χ0n) is 10.2. The second kappa shape index (κ2) is 6.61. The monoisotopic (exact) mass is 258 g/mol. The summed E-state index contributed by atoms with van der Waals surface area (Å²) in [4.78, 5) is 11.7. The molecule has 1 saturated heterocycles. The van der Waals surface area contributed by atoms with E-state index in [1.807, 2.05) is 11.8 Å². The second-order valence-electron chi connectivity index (χ2n) is 5.07. The third-order valence-corrected chi connectivity index (χ3v) is 4.66. The van der Waals surface area contributed by atoms with Crippen LogP contribution in [0.15, 0.2) is 0 Å². The van der Waals surface area contributed by atoms with Crippen LogP contribution in [0.4, 0.5) is 0 Å². The molecule has 1 aliphatic heterocycles. The van der Waals surface area contributed by atoms with Crippen LogP contribution in [0.1, 0.15) is 25.7 Å². The van der Waals surface area contributed by atoms with Crippen LogP contribution in [0.5, 0.6) is 0 Å². The first-order chi connectivity index (χ1) is 8.24. The van der Waals surface area contributed by atoms with Gasteiger partial charge in [0.1, 0.15) is 0 Å². The Bertz CT molecular complexity index is 257. The molecule has 2 aliphatic rings. The Kier molecular flexibility index (Phi) is 5.13. The highest BCUT2D eigenvalue weighted by atomic mass is 32.2. The summed E-state index contributed by atoms with van der Waals surface area (Å²) in [6.45, 7) is 1.74. The molecular weight excluding hydrogens is 236 g/mol. The average Bonchev–Trinajstić information content (AvgIpc) is 2.74. The lowest BCUT2D eigenvalue weighted by atomic mass is 10.1. The van der Waals surface area contributed by atoms with Gasteiger partial charge in [-0.1, -0.05) is 0 Å². The largest absolute Gasteiger partial charge is 0.393 e. The van der Waals surface area contributed by atoms with E-state index in [0.717, 1.165) is 43.9 Å². The number of hydrogen-bond donors (Lipinski definition) is 3. The van der Waals surface area contributed by atoms with Crippen LogP contribution in [-0.4, -0.2) is 47.8 Å². The minimum absolute atomic E-state index is 0.145. The number of thioether (sulfide) groups is 1. The Morgan fingerprint density at radius 3 is 3.00 bits per heavy atom. The first-order valence-electron chi connectivity index (χ1n) is 6.50. The fourth-order valence-corrected chi connectivity index (χ4v) is 3.49. The van der Waals surface area contributed by atoms with Crippen LogP contribution in [-0.2, 0) is 4.79 Å². The predicted molar refractivity (Wildman–Crippen MR) is 70.1 cm³/mol. The Balaban J connectivity index is 1.60. The fourth-order valence-electron chi connectivity index (χ4n) is 2.54. The van der Waals surface area contributed by atoms with Gasteiger partial charge in [0.2, 0.25) is 5.91 Å². The van der Waals surface area contributed by atoms with E-state index in [9.17, 15) is 9.90 Å². The fraction of sp³-hybridized carbons (Fsp3) is 0.917. The van der Waals surface area contributed by atoms with Crippen LogP contribution in [0.3, 0.4) is 0 Å². The van der Waals surface area contributed by atoms with Gasteiger partial charge in [0, 0.05) is 37.1 Å². The first kappa shape index (κ1) is 13.2. The molecule has 98 valence electrons. The Hall–Kier alpha value is -0.260. The molecular formula is C12H22N2O2S. The van der Waals surface area contributed by atoms with Gasteiger partial charge in [0.05, 0.1) is 6.10 Å². The smallest absolute Gasteiger partial charge is 0.221 e. The maximum absolute atomic E-state index is 11.7. The first-order valence-corrected chi connectivity index (χ1v) is 7.65. The van der Waals surface area contributed by atoms with E-state index in [1.54, 1.807) is 0 Å². The van der Waals surface area contributed by atoms with Crippen LogP contribution in [0, 0.1) is 5.92 Å². The summed E-state index contributed by atoms with van der Waals surface area (Å²) < 4.78 is 0. The van der Waals surface area contributed by atoms with Crippen molar-refractivity contribution in [2.45, 2.75) is 37.8 Å². The number of rotatable bonds is 4. The van der Waals surface area contributed by atoms with Crippen molar-refractivity contribution in [3.63, 3.8) is 0 Å². The van der Waals surface area contributed by atoms with E-state index in [4.69, 9.17) is 0 Å². The van der Waals surface area contributed by atoms with Gasteiger partial charge in [-0.25, -0.2) is 0 Å². The standard InChI is InChI=1S/C12H22N2O2S/c15-11-2-1-9(5-11)7-14-12(16)6-10-8-17-4-3-13-10/h9-11,13,15H,1-8H2,(H,14,16). The summed E-state index contributed by atoms with van der Waals surface area (Å²) >= 11 is 1.91. The lowest BCUT2D eigenvalue weighted by Gasteiger charge is -2.22.